The number of benzene rings is 1. The number of nitrogens with zero attached hydrogens (tertiary/aromatic N) is 1. The van der Waals surface area contributed by atoms with Crippen LogP contribution in [-0.4, -0.2) is 55.5 Å². The van der Waals surface area contributed by atoms with Crippen LogP contribution >= 0.6 is 0 Å². The second-order valence-electron chi connectivity index (χ2n) is 6.04. The first-order chi connectivity index (χ1) is 10.8. The van der Waals surface area contributed by atoms with Crippen molar-refractivity contribution in [1.29, 1.82) is 0 Å². The Morgan fingerprint density at radius 1 is 1.18 bits per heavy atom. The SMILES string of the molecule is OC1CCN(CCCNCc2cccc3c2OCCO3)CC1. The van der Waals surface area contributed by atoms with Gasteiger partial charge < -0.3 is 24.8 Å². The van der Waals surface area contributed by atoms with Gasteiger partial charge in [-0.25, -0.2) is 0 Å². The molecular weight excluding hydrogens is 280 g/mol. The minimum Gasteiger partial charge on any atom is -0.486 e. The summed E-state index contributed by atoms with van der Waals surface area (Å²) in [7, 11) is 0. The van der Waals surface area contributed by atoms with Crippen LogP contribution in [0.15, 0.2) is 18.2 Å². The number of hydrogen-bond donors (Lipinski definition) is 2. The summed E-state index contributed by atoms with van der Waals surface area (Å²) in [5.74, 6) is 1.75. The predicted octanol–water partition coefficient (Wildman–Crippen LogP) is 1.39. The number of para-hydroxylation sites is 1. The lowest BCUT2D eigenvalue weighted by Crippen LogP contribution is -2.37. The molecule has 2 N–H and O–H groups in total. The van der Waals surface area contributed by atoms with E-state index in [1.54, 1.807) is 0 Å². The maximum Gasteiger partial charge on any atom is 0.165 e. The number of rotatable bonds is 6. The van der Waals surface area contributed by atoms with E-state index >= 15 is 0 Å². The zero-order chi connectivity index (χ0) is 15.2. The van der Waals surface area contributed by atoms with Gasteiger partial charge in [-0.3, -0.25) is 0 Å². The number of ether oxygens (including phenoxy) is 2. The van der Waals surface area contributed by atoms with Crippen molar-refractivity contribution in [1.82, 2.24) is 10.2 Å². The molecular formula is C17H26N2O3. The number of nitrogens with one attached hydrogen (secondary N) is 1. The smallest absolute Gasteiger partial charge is 0.165 e. The number of likely N-dealkylation sites (tertiary alicyclic amines) is 1. The summed E-state index contributed by atoms with van der Waals surface area (Å²) in [6.07, 6.45) is 2.88. The van der Waals surface area contributed by atoms with Gasteiger partial charge in [0.05, 0.1) is 6.10 Å². The highest BCUT2D eigenvalue weighted by Crippen LogP contribution is 2.33. The molecule has 2 aliphatic heterocycles. The van der Waals surface area contributed by atoms with Crippen molar-refractivity contribution in [3.8, 4) is 11.5 Å². The van der Waals surface area contributed by atoms with E-state index < -0.39 is 0 Å². The lowest BCUT2D eigenvalue weighted by Gasteiger charge is -2.29. The van der Waals surface area contributed by atoms with Gasteiger partial charge >= 0.3 is 0 Å². The van der Waals surface area contributed by atoms with Gasteiger partial charge in [0.15, 0.2) is 11.5 Å². The monoisotopic (exact) mass is 306 g/mol. The summed E-state index contributed by atoms with van der Waals surface area (Å²) in [5.41, 5.74) is 1.17. The molecule has 1 saturated heterocycles. The average Bonchev–Trinajstić information content (AvgIpc) is 2.56. The quantitative estimate of drug-likeness (QED) is 0.778. The van der Waals surface area contributed by atoms with Crippen molar-refractivity contribution >= 4 is 0 Å². The molecule has 0 atom stereocenters. The lowest BCUT2D eigenvalue weighted by molar-refractivity contribution is 0.0821. The highest BCUT2D eigenvalue weighted by molar-refractivity contribution is 5.47. The Labute approximate surface area is 132 Å². The molecule has 0 aromatic heterocycles. The molecule has 0 aliphatic carbocycles. The maximum atomic E-state index is 9.50. The molecule has 22 heavy (non-hydrogen) atoms. The fourth-order valence-corrected chi connectivity index (χ4v) is 3.07. The van der Waals surface area contributed by atoms with Gasteiger partial charge in [0, 0.05) is 25.2 Å². The van der Waals surface area contributed by atoms with Gasteiger partial charge in [-0.05, 0) is 38.4 Å². The number of hydrogen-bond acceptors (Lipinski definition) is 5. The Morgan fingerprint density at radius 2 is 2.00 bits per heavy atom. The van der Waals surface area contributed by atoms with Crippen LogP contribution in [0.4, 0.5) is 0 Å². The van der Waals surface area contributed by atoms with Gasteiger partial charge in [-0.2, -0.15) is 0 Å². The molecule has 0 bridgehead atoms. The second kappa shape index (κ2) is 7.81. The fourth-order valence-electron chi connectivity index (χ4n) is 3.07. The van der Waals surface area contributed by atoms with E-state index in [0.717, 1.165) is 63.5 Å². The molecule has 0 unspecified atom stereocenters. The summed E-state index contributed by atoms with van der Waals surface area (Å²) < 4.78 is 11.3. The van der Waals surface area contributed by atoms with E-state index in [-0.39, 0.29) is 6.10 Å². The molecule has 122 valence electrons. The van der Waals surface area contributed by atoms with E-state index in [9.17, 15) is 5.11 Å². The fraction of sp³-hybridized carbons (Fsp3) is 0.647. The first-order valence-corrected chi connectivity index (χ1v) is 8.31. The van der Waals surface area contributed by atoms with Crippen LogP contribution in [0.2, 0.25) is 0 Å². The maximum absolute atomic E-state index is 9.50. The van der Waals surface area contributed by atoms with Gasteiger partial charge in [0.1, 0.15) is 13.2 Å². The highest BCUT2D eigenvalue weighted by Gasteiger charge is 2.16. The zero-order valence-electron chi connectivity index (χ0n) is 13.1. The third kappa shape index (κ3) is 4.12. The van der Waals surface area contributed by atoms with Crippen molar-refractivity contribution in [3.63, 3.8) is 0 Å². The van der Waals surface area contributed by atoms with Crippen molar-refractivity contribution in [2.24, 2.45) is 0 Å². The van der Waals surface area contributed by atoms with Crippen molar-refractivity contribution in [2.45, 2.75) is 31.9 Å². The Hall–Kier alpha value is -1.30. The van der Waals surface area contributed by atoms with Gasteiger partial charge in [-0.1, -0.05) is 12.1 Å². The predicted molar refractivity (Wildman–Crippen MR) is 85.4 cm³/mol. The number of fused-ring (bicyclic) bond motifs is 1. The van der Waals surface area contributed by atoms with Crippen LogP contribution in [0.5, 0.6) is 11.5 Å². The summed E-state index contributed by atoms with van der Waals surface area (Å²) in [4.78, 5) is 2.44. The van der Waals surface area contributed by atoms with E-state index in [1.807, 2.05) is 12.1 Å². The Morgan fingerprint density at radius 3 is 2.86 bits per heavy atom. The van der Waals surface area contributed by atoms with Gasteiger partial charge in [-0.15, -0.1) is 0 Å². The van der Waals surface area contributed by atoms with Crippen LogP contribution in [0.3, 0.4) is 0 Å². The molecule has 1 aromatic carbocycles. The second-order valence-corrected chi connectivity index (χ2v) is 6.04. The first-order valence-electron chi connectivity index (χ1n) is 8.31. The standard InChI is InChI=1S/C17H26N2O3/c20-15-5-9-19(10-6-15)8-2-7-18-13-14-3-1-4-16-17(14)22-12-11-21-16/h1,3-4,15,18,20H,2,5-13H2. The number of aliphatic hydroxyl groups is 1. The molecule has 1 aromatic rings. The largest absolute Gasteiger partial charge is 0.486 e. The molecule has 0 spiro atoms. The van der Waals surface area contributed by atoms with Crippen LogP contribution in [0, 0.1) is 0 Å². The summed E-state index contributed by atoms with van der Waals surface area (Å²) in [5, 5.41) is 13.0. The van der Waals surface area contributed by atoms with E-state index in [4.69, 9.17) is 9.47 Å². The normalized spacial score (nSPS) is 19.3. The van der Waals surface area contributed by atoms with Crippen LogP contribution in [-0.2, 0) is 6.54 Å². The lowest BCUT2D eigenvalue weighted by atomic mass is 10.1. The molecule has 1 fully saturated rings. The molecule has 0 amide bonds. The molecule has 0 saturated carbocycles. The molecule has 3 rings (SSSR count). The van der Waals surface area contributed by atoms with E-state index in [2.05, 4.69) is 16.3 Å². The zero-order valence-corrected chi connectivity index (χ0v) is 13.1. The molecule has 0 radical (unpaired) electrons. The van der Waals surface area contributed by atoms with E-state index in [0.29, 0.717) is 13.2 Å². The number of piperidine rings is 1. The summed E-state index contributed by atoms with van der Waals surface area (Å²) in [6.45, 7) is 6.22. The van der Waals surface area contributed by atoms with E-state index in [1.165, 1.54) is 5.56 Å². The van der Waals surface area contributed by atoms with Crippen molar-refractivity contribution < 1.29 is 14.6 Å². The third-order valence-electron chi connectivity index (χ3n) is 4.35. The minimum atomic E-state index is -0.0825. The highest BCUT2D eigenvalue weighted by atomic mass is 16.6. The third-order valence-corrected chi connectivity index (χ3v) is 4.35. The first kappa shape index (κ1) is 15.6. The van der Waals surface area contributed by atoms with Crippen LogP contribution in [0.1, 0.15) is 24.8 Å². The Balaban J connectivity index is 1.37. The topological polar surface area (TPSA) is 54.0 Å². The summed E-state index contributed by atoms with van der Waals surface area (Å²) in [6, 6.07) is 6.07. The van der Waals surface area contributed by atoms with Crippen molar-refractivity contribution in [2.75, 3.05) is 39.4 Å². The Kier molecular flexibility index (Phi) is 5.53. The minimum absolute atomic E-state index is 0.0825. The number of aliphatic hydroxyl groups excluding tert-OH is 1. The average molecular weight is 306 g/mol. The molecule has 5 nitrogen and oxygen atoms in total. The van der Waals surface area contributed by atoms with Crippen molar-refractivity contribution in [3.05, 3.63) is 23.8 Å². The summed E-state index contributed by atoms with van der Waals surface area (Å²) >= 11 is 0. The van der Waals surface area contributed by atoms with Crippen LogP contribution < -0.4 is 14.8 Å². The Bertz CT molecular complexity index is 473. The van der Waals surface area contributed by atoms with Gasteiger partial charge in [0.25, 0.3) is 0 Å². The molecule has 2 heterocycles. The molecule has 2 aliphatic rings. The van der Waals surface area contributed by atoms with Gasteiger partial charge in [0.2, 0.25) is 0 Å². The van der Waals surface area contributed by atoms with Crippen LogP contribution in [0.25, 0.3) is 0 Å². The molecule has 5 heteroatoms.